The van der Waals surface area contributed by atoms with E-state index in [0.717, 1.165) is 30.5 Å². The highest BCUT2D eigenvalue weighted by atomic mass is 16.2. The molecule has 3 amide bonds. The largest absolute Gasteiger partial charge is 0.329 e. The highest BCUT2D eigenvalue weighted by Crippen LogP contribution is 2.29. The summed E-state index contributed by atoms with van der Waals surface area (Å²) in [7, 11) is 2.12. The lowest BCUT2D eigenvalue weighted by Gasteiger charge is -2.38. The zero-order chi connectivity index (χ0) is 24.9. The standard InChI is InChI=1S/C28H30N6O2/c1-34-17-9-8-14-24(34)25(19-10-4-2-5-11-19)30-28(36)29-21-15-16-23-22(18-21)26(33-32-23)31-27(35)20-12-6-3-7-13-20/h2-7,10-13,15-16,18,24-25H,8-9,14,17H2,1H3,(H2,29,30,36)(H2,31,32,33,35). The Kier molecular flexibility index (Phi) is 6.95. The van der Waals surface area contributed by atoms with Crippen LogP contribution in [0.25, 0.3) is 10.9 Å². The van der Waals surface area contributed by atoms with Gasteiger partial charge in [-0.1, -0.05) is 55.0 Å². The molecule has 1 fully saturated rings. The van der Waals surface area contributed by atoms with Crippen LogP contribution >= 0.6 is 0 Å². The van der Waals surface area contributed by atoms with Gasteiger partial charge in [-0.3, -0.25) is 9.89 Å². The number of fused-ring (bicyclic) bond motifs is 1. The fraction of sp³-hybridized carbons (Fsp3) is 0.250. The van der Waals surface area contributed by atoms with Gasteiger partial charge in [0.2, 0.25) is 0 Å². The first-order valence-corrected chi connectivity index (χ1v) is 12.3. The van der Waals surface area contributed by atoms with Crippen molar-refractivity contribution in [2.24, 2.45) is 0 Å². The van der Waals surface area contributed by atoms with Gasteiger partial charge in [-0.25, -0.2) is 4.79 Å². The number of benzene rings is 3. The molecule has 0 aliphatic carbocycles. The van der Waals surface area contributed by atoms with E-state index >= 15 is 0 Å². The Labute approximate surface area is 210 Å². The molecule has 4 aromatic rings. The number of likely N-dealkylation sites (tertiary alicyclic amines) is 1. The van der Waals surface area contributed by atoms with E-state index in [1.165, 1.54) is 6.42 Å². The summed E-state index contributed by atoms with van der Waals surface area (Å²) in [5, 5.41) is 16.9. The minimum Gasteiger partial charge on any atom is -0.329 e. The predicted molar refractivity (Wildman–Crippen MR) is 142 cm³/mol. The molecule has 3 aromatic carbocycles. The maximum Gasteiger partial charge on any atom is 0.319 e. The molecule has 8 heteroatoms. The summed E-state index contributed by atoms with van der Waals surface area (Å²) in [4.78, 5) is 28.1. The molecule has 1 aromatic heterocycles. The number of H-pyrrole nitrogens is 1. The first kappa shape index (κ1) is 23.6. The number of aromatic amines is 1. The fourth-order valence-electron chi connectivity index (χ4n) is 4.85. The normalized spacial score (nSPS) is 16.9. The van der Waals surface area contributed by atoms with Gasteiger partial charge in [0.1, 0.15) is 0 Å². The lowest BCUT2D eigenvalue weighted by Crippen LogP contribution is -2.47. The van der Waals surface area contributed by atoms with Crippen molar-refractivity contribution in [2.75, 3.05) is 24.2 Å². The molecule has 1 aliphatic rings. The molecule has 1 aliphatic heterocycles. The zero-order valence-corrected chi connectivity index (χ0v) is 20.2. The van der Waals surface area contributed by atoms with Gasteiger partial charge in [0.05, 0.1) is 11.6 Å². The Morgan fingerprint density at radius 3 is 2.47 bits per heavy atom. The number of aromatic nitrogens is 2. The Morgan fingerprint density at radius 2 is 1.72 bits per heavy atom. The van der Waals surface area contributed by atoms with E-state index in [2.05, 4.69) is 50.2 Å². The van der Waals surface area contributed by atoms with Gasteiger partial charge in [-0.05, 0) is 62.3 Å². The number of hydrogen-bond donors (Lipinski definition) is 4. The second-order valence-electron chi connectivity index (χ2n) is 9.18. The third-order valence-electron chi connectivity index (χ3n) is 6.75. The molecule has 2 heterocycles. The van der Waals surface area contributed by atoms with Crippen LogP contribution in [0.3, 0.4) is 0 Å². The van der Waals surface area contributed by atoms with Gasteiger partial charge in [-0.15, -0.1) is 0 Å². The Bertz CT molecular complexity index is 1340. The molecule has 1 saturated heterocycles. The summed E-state index contributed by atoms with van der Waals surface area (Å²) in [5.74, 6) is 0.163. The molecular weight excluding hydrogens is 452 g/mol. The van der Waals surface area contributed by atoms with Gasteiger partial charge < -0.3 is 20.9 Å². The number of carbonyl (C=O) groups is 2. The monoisotopic (exact) mass is 482 g/mol. The van der Waals surface area contributed by atoms with E-state index in [1.54, 1.807) is 12.1 Å². The van der Waals surface area contributed by atoms with Gasteiger partial charge in [0.15, 0.2) is 5.82 Å². The highest BCUT2D eigenvalue weighted by molar-refractivity contribution is 6.08. The molecule has 5 rings (SSSR count). The quantitative estimate of drug-likeness (QED) is 0.305. The maximum absolute atomic E-state index is 13.1. The minimum absolute atomic E-state index is 0.130. The van der Waals surface area contributed by atoms with E-state index in [0.29, 0.717) is 22.5 Å². The molecule has 0 bridgehead atoms. The summed E-state index contributed by atoms with van der Waals surface area (Å²) in [6.07, 6.45) is 3.35. The number of rotatable bonds is 6. The van der Waals surface area contributed by atoms with Gasteiger partial charge in [0, 0.05) is 22.7 Å². The number of nitrogens with zero attached hydrogens (tertiary/aromatic N) is 2. The molecule has 2 atom stereocenters. The first-order valence-electron chi connectivity index (χ1n) is 12.3. The van der Waals surface area contributed by atoms with E-state index in [4.69, 9.17) is 0 Å². The topological polar surface area (TPSA) is 102 Å². The van der Waals surface area contributed by atoms with Crippen LogP contribution in [0.2, 0.25) is 0 Å². The molecule has 2 unspecified atom stereocenters. The van der Waals surface area contributed by atoms with Crippen LogP contribution in [0.5, 0.6) is 0 Å². The third-order valence-corrected chi connectivity index (χ3v) is 6.75. The summed E-state index contributed by atoms with van der Waals surface area (Å²) in [6.45, 7) is 1.02. The second-order valence-corrected chi connectivity index (χ2v) is 9.18. The Balaban J connectivity index is 1.33. The molecule has 8 nitrogen and oxygen atoms in total. The number of hydrogen-bond acceptors (Lipinski definition) is 4. The number of nitrogens with one attached hydrogen (secondary N) is 4. The van der Waals surface area contributed by atoms with Crippen LogP contribution in [0.1, 0.15) is 41.2 Å². The average Bonchev–Trinajstić information content (AvgIpc) is 3.30. The van der Waals surface area contributed by atoms with Crippen molar-refractivity contribution in [3.8, 4) is 0 Å². The number of amides is 3. The summed E-state index contributed by atoms with van der Waals surface area (Å²) in [5.41, 5.74) is 3.00. The fourth-order valence-corrected chi connectivity index (χ4v) is 4.85. The number of piperidine rings is 1. The lowest BCUT2D eigenvalue weighted by molar-refractivity contribution is 0.102. The minimum atomic E-state index is -0.277. The number of urea groups is 1. The van der Waals surface area contributed by atoms with Crippen LogP contribution in [0.4, 0.5) is 16.3 Å². The number of likely N-dealkylation sites (N-methyl/N-ethyl adjacent to an activating group) is 1. The predicted octanol–water partition coefficient (Wildman–Crippen LogP) is 5.16. The van der Waals surface area contributed by atoms with Crippen molar-refractivity contribution in [3.63, 3.8) is 0 Å². The van der Waals surface area contributed by atoms with E-state index in [1.807, 2.05) is 54.6 Å². The average molecular weight is 483 g/mol. The van der Waals surface area contributed by atoms with Crippen molar-refractivity contribution in [3.05, 3.63) is 90.0 Å². The summed E-state index contributed by atoms with van der Waals surface area (Å²) in [6, 6.07) is 24.4. The highest BCUT2D eigenvalue weighted by Gasteiger charge is 2.30. The van der Waals surface area contributed by atoms with E-state index < -0.39 is 0 Å². The van der Waals surface area contributed by atoms with Gasteiger partial charge in [0.25, 0.3) is 5.91 Å². The zero-order valence-electron chi connectivity index (χ0n) is 20.2. The first-order chi connectivity index (χ1) is 17.6. The van der Waals surface area contributed by atoms with E-state index in [-0.39, 0.29) is 24.0 Å². The third kappa shape index (κ3) is 5.23. The summed E-state index contributed by atoms with van der Waals surface area (Å²) < 4.78 is 0. The van der Waals surface area contributed by atoms with Gasteiger partial charge >= 0.3 is 6.03 Å². The number of anilines is 2. The molecule has 0 radical (unpaired) electrons. The van der Waals surface area contributed by atoms with Crippen molar-refractivity contribution in [1.29, 1.82) is 0 Å². The maximum atomic E-state index is 13.1. The van der Waals surface area contributed by atoms with Crippen molar-refractivity contribution in [2.45, 2.75) is 31.3 Å². The van der Waals surface area contributed by atoms with Crippen LogP contribution in [0.15, 0.2) is 78.9 Å². The van der Waals surface area contributed by atoms with Crippen molar-refractivity contribution in [1.82, 2.24) is 20.4 Å². The smallest absolute Gasteiger partial charge is 0.319 e. The SMILES string of the molecule is CN1CCCCC1C(NC(=O)Nc1ccc2[nH]nc(NC(=O)c3ccccc3)c2c1)c1ccccc1. The van der Waals surface area contributed by atoms with Gasteiger partial charge in [-0.2, -0.15) is 5.10 Å². The molecule has 36 heavy (non-hydrogen) atoms. The Morgan fingerprint density at radius 1 is 0.972 bits per heavy atom. The second kappa shape index (κ2) is 10.6. The van der Waals surface area contributed by atoms with Crippen molar-refractivity contribution < 1.29 is 9.59 Å². The molecule has 0 spiro atoms. The molecular formula is C28H30N6O2. The summed E-state index contributed by atoms with van der Waals surface area (Å²) >= 11 is 0. The Hall–Kier alpha value is -4.17. The van der Waals surface area contributed by atoms with Crippen LogP contribution < -0.4 is 16.0 Å². The molecule has 4 N–H and O–H groups in total. The van der Waals surface area contributed by atoms with Crippen LogP contribution in [-0.2, 0) is 0 Å². The molecule has 184 valence electrons. The van der Waals surface area contributed by atoms with Crippen LogP contribution in [-0.4, -0.2) is 46.7 Å². The lowest BCUT2D eigenvalue weighted by atomic mass is 9.91. The van der Waals surface area contributed by atoms with E-state index in [9.17, 15) is 9.59 Å². The number of carbonyl (C=O) groups excluding carboxylic acids is 2. The molecule has 0 saturated carbocycles. The van der Waals surface area contributed by atoms with Crippen LogP contribution in [0, 0.1) is 0 Å². The van der Waals surface area contributed by atoms with Crippen molar-refractivity contribution >= 4 is 34.3 Å².